The SMILES string of the molecule is C=CCOc1ccccc1NCC(=O)Nc1ccc(Cl)cc1Cl. The van der Waals surface area contributed by atoms with Crippen LogP contribution in [-0.4, -0.2) is 19.1 Å². The van der Waals surface area contributed by atoms with Crippen molar-refractivity contribution >= 4 is 40.5 Å². The lowest BCUT2D eigenvalue weighted by Gasteiger charge is -2.12. The summed E-state index contributed by atoms with van der Waals surface area (Å²) >= 11 is 11.8. The Bertz CT molecular complexity index is 705. The van der Waals surface area contributed by atoms with Crippen molar-refractivity contribution in [2.75, 3.05) is 23.8 Å². The van der Waals surface area contributed by atoms with Crippen molar-refractivity contribution in [2.45, 2.75) is 0 Å². The lowest BCUT2D eigenvalue weighted by molar-refractivity contribution is -0.114. The molecule has 2 aromatic carbocycles. The summed E-state index contributed by atoms with van der Waals surface area (Å²) in [6.45, 7) is 4.08. The number of hydrogen-bond acceptors (Lipinski definition) is 3. The van der Waals surface area contributed by atoms with E-state index < -0.39 is 0 Å². The Morgan fingerprint density at radius 3 is 2.70 bits per heavy atom. The first-order valence-corrected chi connectivity index (χ1v) is 7.67. The fourth-order valence-corrected chi connectivity index (χ4v) is 2.30. The van der Waals surface area contributed by atoms with Crippen LogP contribution in [0.4, 0.5) is 11.4 Å². The summed E-state index contributed by atoms with van der Waals surface area (Å²) in [6.07, 6.45) is 1.66. The van der Waals surface area contributed by atoms with E-state index in [1.807, 2.05) is 24.3 Å². The van der Waals surface area contributed by atoms with E-state index in [1.54, 1.807) is 24.3 Å². The van der Waals surface area contributed by atoms with E-state index in [1.165, 1.54) is 0 Å². The van der Waals surface area contributed by atoms with E-state index in [9.17, 15) is 4.79 Å². The Balaban J connectivity index is 1.95. The number of rotatable bonds is 7. The van der Waals surface area contributed by atoms with E-state index in [4.69, 9.17) is 27.9 Å². The number of amides is 1. The van der Waals surface area contributed by atoms with Crippen LogP contribution >= 0.6 is 23.2 Å². The van der Waals surface area contributed by atoms with Crippen LogP contribution in [0.2, 0.25) is 10.0 Å². The van der Waals surface area contributed by atoms with Gasteiger partial charge in [-0.1, -0.05) is 48.0 Å². The Kier molecular flexibility index (Phi) is 6.32. The van der Waals surface area contributed by atoms with Gasteiger partial charge in [0.05, 0.1) is 22.9 Å². The summed E-state index contributed by atoms with van der Waals surface area (Å²) in [5.41, 5.74) is 1.24. The van der Waals surface area contributed by atoms with Gasteiger partial charge in [0, 0.05) is 5.02 Å². The zero-order valence-corrected chi connectivity index (χ0v) is 13.8. The number of carbonyl (C=O) groups excluding carboxylic acids is 1. The van der Waals surface area contributed by atoms with Crippen LogP contribution in [0, 0.1) is 0 Å². The van der Waals surface area contributed by atoms with Crippen LogP contribution in [0.3, 0.4) is 0 Å². The molecule has 0 aliphatic carbocycles. The third-order valence-corrected chi connectivity index (χ3v) is 3.44. The molecule has 0 aliphatic rings. The molecule has 2 N–H and O–H groups in total. The predicted molar refractivity (Wildman–Crippen MR) is 95.7 cm³/mol. The van der Waals surface area contributed by atoms with E-state index in [0.29, 0.717) is 28.1 Å². The third-order valence-electron chi connectivity index (χ3n) is 2.89. The van der Waals surface area contributed by atoms with Gasteiger partial charge in [0.2, 0.25) is 5.91 Å². The Morgan fingerprint density at radius 2 is 1.96 bits per heavy atom. The van der Waals surface area contributed by atoms with E-state index in [2.05, 4.69) is 17.2 Å². The second-order valence-electron chi connectivity index (χ2n) is 4.62. The summed E-state index contributed by atoms with van der Waals surface area (Å²) in [5.74, 6) is 0.428. The average molecular weight is 351 g/mol. The van der Waals surface area contributed by atoms with Crippen molar-refractivity contribution in [3.05, 3.63) is 65.2 Å². The van der Waals surface area contributed by atoms with Gasteiger partial charge in [-0.2, -0.15) is 0 Å². The highest BCUT2D eigenvalue weighted by atomic mass is 35.5. The molecule has 0 atom stereocenters. The summed E-state index contributed by atoms with van der Waals surface area (Å²) in [7, 11) is 0. The molecule has 0 aromatic heterocycles. The van der Waals surface area contributed by atoms with Crippen LogP contribution in [0.1, 0.15) is 0 Å². The maximum atomic E-state index is 12.0. The molecule has 0 aliphatic heterocycles. The van der Waals surface area contributed by atoms with Crippen molar-refractivity contribution in [3.8, 4) is 5.75 Å². The van der Waals surface area contributed by atoms with Gasteiger partial charge in [-0.3, -0.25) is 4.79 Å². The van der Waals surface area contributed by atoms with Crippen LogP contribution in [-0.2, 0) is 4.79 Å². The van der Waals surface area contributed by atoms with E-state index >= 15 is 0 Å². The van der Waals surface area contributed by atoms with Crippen molar-refractivity contribution < 1.29 is 9.53 Å². The molecule has 120 valence electrons. The normalized spacial score (nSPS) is 10.0. The average Bonchev–Trinajstić information content (AvgIpc) is 2.54. The fourth-order valence-electron chi connectivity index (χ4n) is 1.85. The number of nitrogens with one attached hydrogen (secondary N) is 2. The fraction of sp³-hybridized carbons (Fsp3) is 0.118. The van der Waals surface area contributed by atoms with Gasteiger partial charge in [0.1, 0.15) is 12.4 Å². The zero-order valence-electron chi connectivity index (χ0n) is 12.3. The molecule has 0 spiro atoms. The number of benzene rings is 2. The number of ether oxygens (including phenoxy) is 1. The topological polar surface area (TPSA) is 50.4 Å². The van der Waals surface area contributed by atoms with Gasteiger partial charge < -0.3 is 15.4 Å². The first kappa shape index (κ1) is 17.2. The number of hydrogen-bond donors (Lipinski definition) is 2. The van der Waals surface area contributed by atoms with Crippen molar-refractivity contribution in [2.24, 2.45) is 0 Å². The van der Waals surface area contributed by atoms with Crippen LogP contribution in [0.15, 0.2) is 55.1 Å². The van der Waals surface area contributed by atoms with Gasteiger partial charge in [-0.15, -0.1) is 0 Å². The molecule has 0 unspecified atom stereocenters. The van der Waals surface area contributed by atoms with Gasteiger partial charge in [0.15, 0.2) is 0 Å². The first-order chi connectivity index (χ1) is 11.1. The third kappa shape index (κ3) is 5.20. The second-order valence-corrected chi connectivity index (χ2v) is 5.47. The highest BCUT2D eigenvalue weighted by molar-refractivity contribution is 6.36. The molecule has 0 heterocycles. The minimum Gasteiger partial charge on any atom is -0.487 e. The van der Waals surface area contributed by atoms with Gasteiger partial charge in [-0.25, -0.2) is 0 Å². The van der Waals surface area contributed by atoms with Crippen molar-refractivity contribution in [3.63, 3.8) is 0 Å². The molecule has 0 saturated carbocycles. The summed E-state index contributed by atoms with van der Waals surface area (Å²) in [6, 6.07) is 12.3. The molecule has 2 rings (SSSR count). The summed E-state index contributed by atoms with van der Waals surface area (Å²) in [4.78, 5) is 12.0. The summed E-state index contributed by atoms with van der Waals surface area (Å²) in [5, 5.41) is 6.66. The molecule has 0 fully saturated rings. The Labute approximate surface area is 145 Å². The lowest BCUT2D eigenvalue weighted by Crippen LogP contribution is -2.22. The maximum absolute atomic E-state index is 12.0. The van der Waals surface area contributed by atoms with Gasteiger partial charge in [-0.05, 0) is 30.3 Å². The second kappa shape index (κ2) is 8.46. The van der Waals surface area contributed by atoms with E-state index in [0.717, 1.165) is 5.69 Å². The standard InChI is InChI=1S/C17H16Cl2N2O2/c1-2-9-23-16-6-4-3-5-15(16)20-11-17(22)21-14-8-7-12(18)10-13(14)19/h2-8,10,20H,1,9,11H2,(H,21,22). The van der Waals surface area contributed by atoms with Gasteiger partial charge >= 0.3 is 0 Å². The molecular weight excluding hydrogens is 335 g/mol. The lowest BCUT2D eigenvalue weighted by atomic mass is 10.3. The maximum Gasteiger partial charge on any atom is 0.243 e. The molecule has 6 heteroatoms. The predicted octanol–water partition coefficient (Wildman–Crippen LogP) is 4.61. The van der Waals surface area contributed by atoms with Crippen molar-refractivity contribution in [1.82, 2.24) is 0 Å². The Hall–Kier alpha value is -2.17. The Morgan fingerprint density at radius 1 is 1.17 bits per heavy atom. The largest absolute Gasteiger partial charge is 0.487 e. The molecule has 1 amide bonds. The minimum atomic E-state index is -0.229. The van der Waals surface area contributed by atoms with Crippen LogP contribution in [0.25, 0.3) is 0 Å². The van der Waals surface area contributed by atoms with E-state index in [-0.39, 0.29) is 12.5 Å². The molecule has 2 aromatic rings. The number of para-hydroxylation sites is 2. The monoisotopic (exact) mass is 350 g/mol. The molecule has 23 heavy (non-hydrogen) atoms. The quantitative estimate of drug-likeness (QED) is 0.717. The first-order valence-electron chi connectivity index (χ1n) is 6.91. The van der Waals surface area contributed by atoms with Crippen LogP contribution < -0.4 is 15.4 Å². The smallest absolute Gasteiger partial charge is 0.243 e. The highest BCUT2D eigenvalue weighted by Gasteiger charge is 2.08. The number of carbonyl (C=O) groups is 1. The zero-order chi connectivity index (χ0) is 16.7. The molecule has 4 nitrogen and oxygen atoms in total. The molecular formula is C17H16Cl2N2O2. The number of anilines is 2. The van der Waals surface area contributed by atoms with Gasteiger partial charge in [0.25, 0.3) is 0 Å². The minimum absolute atomic E-state index is 0.0768. The molecule has 0 saturated heterocycles. The molecule has 0 radical (unpaired) electrons. The summed E-state index contributed by atoms with van der Waals surface area (Å²) < 4.78 is 5.52. The molecule has 0 bridgehead atoms. The van der Waals surface area contributed by atoms with Crippen molar-refractivity contribution in [1.29, 1.82) is 0 Å². The number of halogens is 2. The van der Waals surface area contributed by atoms with Crippen LogP contribution in [0.5, 0.6) is 5.75 Å². The highest BCUT2D eigenvalue weighted by Crippen LogP contribution is 2.26.